The maximum atomic E-state index is 6.03. The van der Waals surface area contributed by atoms with Crippen LogP contribution >= 0.6 is 38.9 Å². The van der Waals surface area contributed by atoms with E-state index in [1.54, 1.807) is 11.3 Å². The molecule has 0 amide bonds. The van der Waals surface area contributed by atoms with E-state index in [1.807, 2.05) is 19.1 Å². The average molecular weight is 374 g/mol. The minimum atomic E-state index is 0.253. The molecule has 0 aliphatic rings. The zero-order valence-corrected chi connectivity index (χ0v) is 14.8. The molecular formula is C15H18BrClN2S. The van der Waals surface area contributed by atoms with Gasteiger partial charge >= 0.3 is 0 Å². The van der Waals surface area contributed by atoms with E-state index in [0.717, 1.165) is 39.6 Å². The van der Waals surface area contributed by atoms with Crippen LogP contribution in [-0.4, -0.2) is 11.5 Å². The number of nitrogens with zero attached hydrogens (tertiary/aromatic N) is 1. The molecule has 5 heteroatoms. The van der Waals surface area contributed by atoms with Crippen molar-refractivity contribution < 1.29 is 0 Å². The maximum absolute atomic E-state index is 6.03. The molecule has 1 heterocycles. The molecule has 1 atom stereocenters. The van der Waals surface area contributed by atoms with Crippen molar-refractivity contribution in [3.05, 3.63) is 49.3 Å². The minimum absolute atomic E-state index is 0.253. The Morgan fingerprint density at radius 1 is 1.45 bits per heavy atom. The van der Waals surface area contributed by atoms with Gasteiger partial charge in [0.05, 0.1) is 10.7 Å². The topological polar surface area (TPSA) is 24.9 Å². The molecule has 2 rings (SSSR count). The highest BCUT2D eigenvalue weighted by molar-refractivity contribution is 9.10. The van der Waals surface area contributed by atoms with Crippen LogP contribution in [0.5, 0.6) is 0 Å². The van der Waals surface area contributed by atoms with E-state index in [4.69, 9.17) is 11.6 Å². The quantitative estimate of drug-likeness (QED) is 0.757. The average Bonchev–Trinajstić information content (AvgIpc) is 2.80. The summed E-state index contributed by atoms with van der Waals surface area (Å²) in [6, 6.07) is 6.22. The zero-order chi connectivity index (χ0) is 14.5. The molecule has 108 valence electrons. The van der Waals surface area contributed by atoms with Crippen LogP contribution in [0, 0.1) is 6.92 Å². The van der Waals surface area contributed by atoms with Crippen molar-refractivity contribution in [3.63, 3.8) is 0 Å². The van der Waals surface area contributed by atoms with Crippen molar-refractivity contribution in [2.75, 3.05) is 6.54 Å². The highest BCUT2D eigenvalue weighted by Gasteiger charge is 2.16. The number of thiazole rings is 1. The number of benzene rings is 1. The van der Waals surface area contributed by atoms with Crippen molar-refractivity contribution >= 4 is 38.9 Å². The lowest BCUT2D eigenvalue weighted by Gasteiger charge is -2.19. The van der Waals surface area contributed by atoms with Crippen molar-refractivity contribution in [2.45, 2.75) is 32.7 Å². The van der Waals surface area contributed by atoms with Gasteiger partial charge in [-0.05, 0) is 37.6 Å². The van der Waals surface area contributed by atoms with E-state index < -0.39 is 0 Å². The fraction of sp³-hybridized carbons (Fsp3) is 0.400. The van der Waals surface area contributed by atoms with Gasteiger partial charge in [0.25, 0.3) is 0 Å². The predicted octanol–water partition coefficient (Wildman–Crippen LogP) is 5.15. The summed E-state index contributed by atoms with van der Waals surface area (Å²) >= 11 is 11.3. The molecule has 1 unspecified atom stereocenters. The number of nitrogens with one attached hydrogen (secondary N) is 1. The van der Waals surface area contributed by atoms with Crippen LogP contribution in [0.1, 0.15) is 35.7 Å². The van der Waals surface area contributed by atoms with Crippen molar-refractivity contribution in [2.24, 2.45) is 0 Å². The Morgan fingerprint density at radius 3 is 2.85 bits per heavy atom. The summed E-state index contributed by atoms with van der Waals surface area (Å²) in [4.78, 5) is 4.57. The van der Waals surface area contributed by atoms with Gasteiger partial charge in [-0.15, -0.1) is 11.3 Å². The molecule has 0 radical (unpaired) electrons. The first-order valence-corrected chi connectivity index (χ1v) is 8.74. The van der Waals surface area contributed by atoms with E-state index in [9.17, 15) is 0 Å². The summed E-state index contributed by atoms with van der Waals surface area (Å²) in [5.41, 5.74) is 2.37. The molecule has 0 fully saturated rings. The first kappa shape index (κ1) is 16.0. The molecular weight excluding hydrogens is 356 g/mol. The second kappa shape index (κ2) is 7.55. The van der Waals surface area contributed by atoms with Gasteiger partial charge in [0.2, 0.25) is 0 Å². The van der Waals surface area contributed by atoms with Crippen LogP contribution in [0.15, 0.2) is 28.1 Å². The molecule has 2 nitrogen and oxygen atoms in total. The second-order valence-electron chi connectivity index (χ2n) is 4.73. The van der Waals surface area contributed by atoms with Gasteiger partial charge in [-0.3, -0.25) is 0 Å². The Morgan fingerprint density at radius 2 is 2.25 bits per heavy atom. The normalized spacial score (nSPS) is 12.6. The molecule has 0 bridgehead atoms. The number of halogens is 2. The third kappa shape index (κ3) is 4.29. The van der Waals surface area contributed by atoms with Crippen LogP contribution in [0.4, 0.5) is 0 Å². The first-order chi connectivity index (χ1) is 9.60. The Kier molecular flexibility index (Phi) is 6.02. The lowest BCUT2D eigenvalue weighted by molar-refractivity contribution is 0.523. The third-order valence-electron chi connectivity index (χ3n) is 3.06. The van der Waals surface area contributed by atoms with E-state index in [-0.39, 0.29) is 6.04 Å². The summed E-state index contributed by atoms with van der Waals surface area (Å²) in [5.74, 6) is 0. The summed E-state index contributed by atoms with van der Waals surface area (Å²) in [5, 5.41) is 7.60. The molecule has 0 aliphatic carbocycles. The van der Waals surface area contributed by atoms with E-state index in [0.29, 0.717) is 0 Å². The lowest BCUT2D eigenvalue weighted by Crippen LogP contribution is -2.24. The van der Waals surface area contributed by atoms with E-state index in [1.165, 1.54) is 5.56 Å². The van der Waals surface area contributed by atoms with Gasteiger partial charge in [0.15, 0.2) is 0 Å². The molecule has 1 N–H and O–H groups in total. The van der Waals surface area contributed by atoms with E-state index in [2.05, 4.69) is 44.6 Å². The Balaban J connectivity index is 2.22. The van der Waals surface area contributed by atoms with Gasteiger partial charge in [-0.25, -0.2) is 4.98 Å². The standard InChI is InChI=1S/C15H18BrClN2S/c1-3-6-18-15(8-12-9-20-10(2)19-12)13-5-4-11(17)7-14(13)16/h4-5,7,9,15,18H,3,6,8H2,1-2H3. The maximum Gasteiger partial charge on any atom is 0.0897 e. The SMILES string of the molecule is CCCNC(Cc1csc(C)n1)c1ccc(Cl)cc1Br. The lowest BCUT2D eigenvalue weighted by atomic mass is 10.0. The van der Waals surface area contributed by atoms with Crippen molar-refractivity contribution in [1.29, 1.82) is 0 Å². The summed E-state index contributed by atoms with van der Waals surface area (Å²) in [7, 11) is 0. The van der Waals surface area contributed by atoms with Crippen LogP contribution < -0.4 is 5.32 Å². The molecule has 2 aromatic rings. The molecule has 1 aromatic carbocycles. The summed E-state index contributed by atoms with van der Waals surface area (Å²) in [6.45, 7) is 5.21. The monoisotopic (exact) mass is 372 g/mol. The van der Waals surface area contributed by atoms with Crippen LogP contribution in [0.2, 0.25) is 5.02 Å². The summed E-state index contributed by atoms with van der Waals surface area (Å²) < 4.78 is 1.05. The number of aryl methyl sites for hydroxylation is 1. The zero-order valence-electron chi connectivity index (χ0n) is 11.6. The van der Waals surface area contributed by atoms with Gasteiger partial charge in [-0.1, -0.05) is 40.5 Å². The van der Waals surface area contributed by atoms with Crippen LogP contribution in [-0.2, 0) is 6.42 Å². The van der Waals surface area contributed by atoms with Gasteiger partial charge in [0, 0.05) is 27.3 Å². The molecule has 20 heavy (non-hydrogen) atoms. The number of hydrogen-bond donors (Lipinski definition) is 1. The molecule has 0 saturated heterocycles. The highest BCUT2D eigenvalue weighted by atomic mass is 79.9. The fourth-order valence-corrected chi connectivity index (χ4v) is 3.69. The second-order valence-corrected chi connectivity index (χ2v) is 7.09. The predicted molar refractivity (Wildman–Crippen MR) is 90.7 cm³/mol. The largest absolute Gasteiger partial charge is 0.310 e. The number of hydrogen-bond acceptors (Lipinski definition) is 3. The highest BCUT2D eigenvalue weighted by Crippen LogP contribution is 2.29. The molecule has 0 spiro atoms. The molecule has 0 aliphatic heterocycles. The minimum Gasteiger partial charge on any atom is -0.310 e. The van der Waals surface area contributed by atoms with Crippen LogP contribution in [0.25, 0.3) is 0 Å². The molecule has 1 aromatic heterocycles. The number of aromatic nitrogens is 1. The van der Waals surface area contributed by atoms with Gasteiger partial charge in [-0.2, -0.15) is 0 Å². The number of rotatable bonds is 6. The Labute approximate surface area is 137 Å². The van der Waals surface area contributed by atoms with Gasteiger partial charge in [0.1, 0.15) is 0 Å². The fourth-order valence-electron chi connectivity index (χ4n) is 2.11. The first-order valence-electron chi connectivity index (χ1n) is 6.69. The van der Waals surface area contributed by atoms with E-state index >= 15 is 0 Å². The molecule has 0 saturated carbocycles. The van der Waals surface area contributed by atoms with Crippen LogP contribution in [0.3, 0.4) is 0 Å². The third-order valence-corrected chi connectivity index (χ3v) is 4.80. The van der Waals surface area contributed by atoms with Crippen molar-refractivity contribution in [3.8, 4) is 0 Å². The van der Waals surface area contributed by atoms with Crippen molar-refractivity contribution in [1.82, 2.24) is 10.3 Å². The van der Waals surface area contributed by atoms with Gasteiger partial charge < -0.3 is 5.32 Å². The Bertz CT molecular complexity index is 571. The smallest absolute Gasteiger partial charge is 0.0897 e. The summed E-state index contributed by atoms with van der Waals surface area (Å²) in [6.07, 6.45) is 2.00. The Hall–Kier alpha value is -0.420.